The van der Waals surface area contributed by atoms with Gasteiger partial charge in [-0.3, -0.25) is 0 Å². The van der Waals surface area contributed by atoms with E-state index in [1.807, 2.05) is 0 Å². The maximum absolute atomic E-state index is 13.6. The minimum Gasteiger partial charge on any atom is -0.459 e. The summed E-state index contributed by atoms with van der Waals surface area (Å²) in [4.78, 5) is 12.1. The Morgan fingerprint density at radius 3 is 1.11 bits per heavy atom. The summed E-state index contributed by atoms with van der Waals surface area (Å²) in [6.07, 6.45) is 15.6. The van der Waals surface area contributed by atoms with Crippen molar-refractivity contribution in [2.75, 3.05) is 0 Å². The Labute approximate surface area is 460 Å². The van der Waals surface area contributed by atoms with E-state index < -0.39 is 11.8 Å². The molecule has 5 aromatic carbocycles. The number of ether oxygens (including phenoxy) is 1. The molecule has 0 spiro atoms. The lowest BCUT2D eigenvalue weighted by molar-refractivity contribution is 0.00578. The van der Waals surface area contributed by atoms with Gasteiger partial charge in [0.15, 0.2) is 0 Å². The van der Waals surface area contributed by atoms with Crippen molar-refractivity contribution in [3.63, 3.8) is 0 Å². The number of benzene rings is 5. The number of halogens is 4. The Morgan fingerprint density at radius 2 is 0.781 bits per heavy atom. The molecule has 0 unspecified atom stereocenters. The van der Waals surface area contributed by atoms with E-state index in [-0.39, 0.29) is 48.3 Å². The molecule has 0 radical (unpaired) electrons. The van der Waals surface area contributed by atoms with Gasteiger partial charge in [-0.1, -0.05) is 121 Å². The zero-order valence-corrected chi connectivity index (χ0v) is 47.8. The summed E-state index contributed by atoms with van der Waals surface area (Å²) in [5, 5.41) is 28.4. The fourth-order valence-electron chi connectivity index (χ4n) is 10.7. The van der Waals surface area contributed by atoms with Gasteiger partial charge in [0.1, 0.15) is 11.9 Å². The number of hydrogen-bond acceptors (Lipinski definition) is 7. The Hall–Kier alpha value is -3.20. The van der Waals surface area contributed by atoms with E-state index in [0.29, 0.717) is 23.7 Å². The quantitative estimate of drug-likeness (QED) is 0.110. The second-order valence-electron chi connectivity index (χ2n) is 21.8. The monoisotopic (exact) mass is 1190 g/mol. The molecule has 5 aliphatic rings. The van der Waals surface area contributed by atoms with E-state index in [1.165, 1.54) is 34.4 Å². The number of hydrogen-bond donors (Lipinski definition) is 3. The van der Waals surface area contributed by atoms with E-state index in [4.69, 9.17) is 14.0 Å². The fraction of sp³-hybridized carbons (Fsp3) is 0.492. The van der Waals surface area contributed by atoms with Gasteiger partial charge in [0.25, 0.3) is 0 Å². The summed E-state index contributed by atoms with van der Waals surface area (Å²) in [5.74, 6) is 1.32. The standard InChI is InChI=1S/C19H18BrFO2.C18H27BO3.2C12H15BrO/c20-15-9-5-13(6-10-15)14-7-11-16(12-8-14)23-19(22)17-3-1-2-4-18(17)21;1-17(2)18(3,4)22-19(21-17)15-9-5-13(6-10-15)14-7-11-16(20)12-8-14;2*13-11-5-1-9(2-6-11)10-3-7-12(14)8-4-10/h1-6,9-10,14,16H,7-8,11-12H2;5-6,9-10,14,16,20H,7-8,11-12H2,1-4H3;2*1-2,5-6,10,12,14H,3-4,7-8H2. The maximum Gasteiger partial charge on any atom is 0.494 e. The van der Waals surface area contributed by atoms with Crippen molar-refractivity contribution < 1.29 is 38.6 Å². The summed E-state index contributed by atoms with van der Waals surface area (Å²) in [7, 11) is -0.285. The van der Waals surface area contributed by atoms with Gasteiger partial charge in [-0.05, 0) is 230 Å². The predicted molar refractivity (Wildman–Crippen MR) is 303 cm³/mol. The number of aliphatic hydroxyl groups excluding tert-OH is 3. The first-order chi connectivity index (χ1) is 34.9. The van der Waals surface area contributed by atoms with Crippen molar-refractivity contribution in [3.05, 3.63) is 168 Å². The van der Waals surface area contributed by atoms with Crippen LogP contribution in [0.15, 0.2) is 135 Å². The second kappa shape index (κ2) is 27.2. The Kier molecular flexibility index (Phi) is 21.4. The third kappa shape index (κ3) is 16.9. The Bertz CT molecular complexity index is 2360. The van der Waals surface area contributed by atoms with Crippen molar-refractivity contribution in [3.8, 4) is 0 Å². The molecule has 12 heteroatoms. The first-order valence-corrected chi connectivity index (χ1v) is 29.0. The highest BCUT2D eigenvalue weighted by molar-refractivity contribution is 9.11. The number of rotatable bonds is 7. The van der Waals surface area contributed by atoms with E-state index in [1.54, 1.807) is 12.1 Å². The first kappa shape index (κ1) is 57.5. The minimum absolute atomic E-state index is 0.0162. The van der Waals surface area contributed by atoms with Crippen molar-refractivity contribution in [2.24, 2.45) is 0 Å². The summed E-state index contributed by atoms with van der Waals surface area (Å²) in [6, 6.07) is 40.1. The van der Waals surface area contributed by atoms with E-state index in [0.717, 1.165) is 122 Å². The summed E-state index contributed by atoms with van der Waals surface area (Å²) in [5.41, 5.74) is 6.03. The molecule has 5 aromatic rings. The molecule has 7 nitrogen and oxygen atoms in total. The highest BCUT2D eigenvalue weighted by atomic mass is 79.9. The van der Waals surface area contributed by atoms with Crippen LogP contribution in [0.1, 0.15) is 187 Å². The zero-order chi connectivity index (χ0) is 52.1. The molecule has 3 N–H and O–H groups in total. The highest BCUT2D eigenvalue weighted by Crippen LogP contribution is 2.39. The van der Waals surface area contributed by atoms with Crippen molar-refractivity contribution in [2.45, 2.75) is 190 Å². The molecule has 1 heterocycles. The molecule has 1 saturated heterocycles. The van der Waals surface area contributed by atoms with Crippen molar-refractivity contribution in [1.82, 2.24) is 0 Å². The fourth-order valence-corrected chi connectivity index (χ4v) is 11.5. The molecule has 10 rings (SSSR count). The summed E-state index contributed by atoms with van der Waals surface area (Å²) >= 11 is 10.3. The predicted octanol–water partition coefficient (Wildman–Crippen LogP) is 15.4. The smallest absolute Gasteiger partial charge is 0.459 e. The van der Waals surface area contributed by atoms with Crippen LogP contribution in [0.2, 0.25) is 0 Å². The molecular formula is C61H75BBr3FO7. The van der Waals surface area contributed by atoms with Crippen LogP contribution in [-0.2, 0) is 14.0 Å². The number of esters is 1. The molecule has 4 saturated carbocycles. The van der Waals surface area contributed by atoms with Gasteiger partial charge in [-0.2, -0.15) is 0 Å². The summed E-state index contributed by atoms with van der Waals surface area (Å²) < 4.78 is 34.6. The summed E-state index contributed by atoms with van der Waals surface area (Å²) in [6.45, 7) is 8.31. The molecule has 73 heavy (non-hydrogen) atoms. The molecule has 1 aliphatic heterocycles. The highest BCUT2D eigenvalue weighted by Gasteiger charge is 2.51. The van der Waals surface area contributed by atoms with Crippen LogP contribution in [0.25, 0.3) is 0 Å². The average molecular weight is 1190 g/mol. The van der Waals surface area contributed by atoms with Crippen LogP contribution >= 0.6 is 47.8 Å². The van der Waals surface area contributed by atoms with Crippen molar-refractivity contribution >= 4 is 66.3 Å². The molecular weight excluding hydrogens is 1110 g/mol. The van der Waals surface area contributed by atoms with Crippen LogP contribution in [-0.4, -0.2) is 64.0 Å². The van der Waals surface area contributed by atoms with Crippen LogP contribution in [0, 0.1) is 5.82 Å². The van der Waals surface area contributed by atoms with E-state index in [9.17, 15) is 24.5 Å². The van der Waals surface area contributed by atoms with Crippen LogP contribution < -0.4 is 5.46 Å². The number of carbonyl (C=O) groups excluding carboxylic acids is 1. The largest absolute Gasteiger partial charge is 0.494 e. The molecule has 0 amide bonds. The third-order valence-corrected chi connectivity index (χ3v) is 17.7. The van der Waals surface area contributed by atoms with Gasteiger partial charge in [0.05, 0.1) is 35.1 Å². The number of aliphatic hydroxyl groups is 3. The molecule has 0 bridgehead atoms. The molecule has 392 valence electrons. The topological polar surface area (TPSA) is 105 Å². The van der Waals surface area contributed by atoms with Gasteiger partial charge < -0.3 is 29.4 Å². The maximum atomic E-state index is 13.6. The Balaban J connectivity index is 0.000000146. The van der Waals surface area contributed by atoms with Gasteiger partial charge in [0, 0.05) is 13.4 Å². The van der Waals surface area contributed by atoms with E-state index >= 15 is 0 Å². The average Bonchev–Trinajstić information content (AvgIpc) is 3.61. The van der Waals surface area contributed by atoms with Crippen LogP contribution in [0.3, 0.4) is 0 Å². The van der Waals surface area contributed by atoms with Gasteiger partial charge in [-0.25, -0.2) is 9.18 Å². The molecule has 0 atom stereocenters. The van der Waals surface area contributed by atoms with Crippen LogP contribution in [0.5, 0.6) is 0 Å². The van der Waals surface area contributed by atoms with Gasteiger partial charge in [0.2, 0.25) is 0 Å². The number of carbonyl (C=O) groups is 1. The third-order valence-electron chi connectivity index (χ3n) is 16.1. The zero-order valence-electron chi connectivity index (χ0n) is 43.0. The molecule has 0 aromatic heterocycles. The minimum atomic E-state index is -0.560. The lowest BCUT2D eigenvalue weighted by Gasteiger charge is -2.32. The van der Waals surface area contributed by atoms with Gasteiger partial charge in [-0.15, -0.1) is 0 Å². The SMILES string of the molecule is CC1(C)OB(c2ccc(C3CCC(O)CC3)cc2)OC1(C)C.O=C(OC1CCC(c2ccc(Br)cc2)CC1)c1ccccc1F.OC1CCC(c2ccc(Br)cc2)CC1.OC1CCC(c2ccc(Br)cc2)CC1. The molecule has 4 aliphatic carbocycles. The first-order valence-electron chi connectivity index (χ1n) is 26.6. The van der Waals surface area contributed by atoms with E-state index in [2.05, 4.69) is 173 Å². The van der Waals surface area contributed by atoms with Gasteiger partial charge >= 0.3 is 13.1 Å². The normalized spacial score (nSPS) is 26.4. The molecule has 5 fully saturated rings. The van der Waals surface area contributed by atoms with Crippen LogP contribution in [0.4, 0.5) is 4.39 Å². The second-order valence-corrected chi connectivity index (χ2v) is 24.5. The lowest BCUT2D eigenvalue weighted by atomic mass is 9.77. The van der Waals surface area contributed by atoms with Crippen molar-refractivity contribution in [1.29, 1.82) is 0 Å². The Morgan fingerprint density at radius 1 is 0.479 bits per heavy atom. The lowest BCUT2D eigenvalue weighted by Crippen LogP contribution is -2.41.